The van der Waals surface area contributed by atoms with Crippen LogP contribution in [0.25, 0.3) is 0 Å². The number of ether oxygens (including phenoxy) is 2. The molecule has 1 aliphatic rings. The zero-order valence-corrected chi connectivity index (χ0v) is 11.1. The molecule has 2 atom stereocenters. The zero-order chi connectivity index (χ0) is 12.5. The van der Waals surface area contributed by atoms with E-state index in [-0.39, 0.29) is 17.8 Å². The van der Waals surface area contributed by atoms with Crippen LogP contribution in [0, 0.1) is 11.3 Å². The molecule has 1 aromatic rings. The lowest BCUT2D eigenvalue weighted by Gasteiger charge is -2.44. The maximum absolute atomic E-state index is 6.13. The Bertz CT molecular complexity index is 356. The summed E-state index contributed by atoms with van der Waals surface area (Å²) in [5.74, 6) is 0.500. The Kier molecular flexibility index (Phi) is 3.55. The standard InChI is InChI=1S/C15H22O2/c1-11(2)13-15(3,4)10-16-14(17-13)12-8-6-5-7-9-12/h5-9,11,13-14H,10H2,1-4H3. The van der Waals surface area contributed by atoms with Crippen molar-refractivity contribution in [3.63, 3.8) is 0 Å². The monoisotopic (exact) mass is 234 g/mol. The van der Waals surface area contributed by atoms with Crippen LogP contribution in [0.3, 0.4) is 0 Å². The quantitative estimate of drug-likeness (QED) is 0.775. The van der Waals surface area contributed by atoms with Gasteiger partial charge in [0.1, 0.15) is 0 Å². The fraction of sp³-hybridized carbons (Fsp3) is 0.600. The van der Waals surface area contributed by atoms with Gasteiger partial charge in [-0.1, -0.05) is 58.0 Å². The van der Waals surface area contributed by atoms with Crippen molar-refractivity contribution >= 4 is 0 Å². The first-order valence-electron chi connectivity index (χ1n) is 6.33. The van der Waals surface area contributed by atoms with Crippen molar-refractivity contribution in [2.75, 3.05) is 6.61 Å². The molecule has 0 amide bonds. The second kappa shape index (κ2) is 4.79. The van der Waals surface area contributed by atoms with Crippen LogP contribution in [0.1, 0.15) is 39.5 Å². The topological polar surface area (TPSA) is 18.5 Å². The van der Waals surface area contributed by atoms with E-state index < -0.39 is 0 Å². The van der Waals surface area contributed by atoms with Gasteiger partial charge < -0.3 is 9.47 Å². The molecular formula is C15H22O2. The summed E-state index contributed by atoms with van der Waals surface area (Å²) in [7, 11) is 0. The Labute approximate surface area is 104 Å². The fourth-order valence-corrected chi connectivity index (χ4v) is 2.57. The normalized spacial score (nSPS) is 28.3. The van der Waals surface area contributed by atoms with Crippen LogP contribution in [0.4, 0.5) is 0 Å². The largest absolute Gasteiger partial charge is 0.348 e. The molecule has 17 heavy (non-hydrogen) atoms. The summed E-state index contributed by atoms with van der Waals surface area (Å²) in [5.41, 5.74) is 1.19. The summed E-state index contributed by atoms with van der Waals surface area (Å²) in [6, 6.07) is 10.2. The van der Waals surface area contributed by atoms with Crippen LogP contribution in [0.5, 0.6) is 0 Å². The lowest BCUT2D eigenvalue weighted by Crippen LogP contribution is -2.45. The summed E-state index contributed by atoms with van der Waals surface area (Å²) in [5, 5.41) is 0. The van der Waals surface area contributed by atoms with Gasteiger partial charge in [-0.05, 0) is 5.92 Å². The van der Waals surface area contributed by atoms with Crippen molar-refractivity contribution in [3.8, 4) is 0 Å². The molecule has 0 radical (unpaired) electrons. The summed E-state index contributed by atoms with van der Waals surface area (Å²) in [6.07, 6.45) is 0.0260. The van der Waals surface area contributed by atoms with Crippen LogP contribution < -0.4 is 0 Å². The van der Waals surface area contributed by atoms with Crippen molar-refractivity contribution < 1.29 is 9.47 Å². The van der Waals surface area contributed by atoms with E-state index in [4.69, 9.17) is 9.47 Å². The Morgan fingerprint density at radius 3 is 2.41 bits per heavy atom. The van der Waals surface area contributed by atoms with Crippen LogP contribution in [0.2, 0.25) is 0 Å². The minimum absolute atomic E-state index is 0.0828. The van der Waals surface area contributed by atoms with E-state index in [1.807, 2.05) is 18.2 Å². The van der Waals surface area contributed by atoms with E-state index in [2.05, 4.69) is 39.8 Å². The van der Waals surface area contributed by atoms with E-state index >= 15 is 0 Å². The molecule has 0 bridgehead atoms. The van der Waals surface area contributed by atoms with Crippen LogP contribution in [-0.4, -0.2) is 12.7 Å². The molecule has 2 unspecified atom stereocenters. The highest BCUT2D eigenvalue weighted by Crippen LogP contribution is 2.39. The van der Waals surface area contributed by atoms with Crippen molar-refractivity contribution in [3.05, 3.63) is 35.9 Å². The molecule has 1 fully saturated rings. The van der Waals surface area contributed by atoms with E-state index in [0.717, 1.165) is 12.2 Å². The average Bonchev–Trinajstić information content (AvgIpc) is 2.29. The van der Waals surface area contributed by atoms with E-state index in [0.29, 0.717) is 5.92 Å². The molecule has 1 saturated heterocycles. The maximum atomic E-state index is 6.13. The van der Waals surface area contributed by atoms with Crippen LogP contribution in [0.15, 0.2) is 30.3 Å². The molecule has 0 aromatic heterocycles. The Hall–Kier alpha value is -0.860. The number of hydrogen-bond acceptors (Lipinski definition) is 2. The Balaban J connectivity index is 2.15. The third-order valence-electron chi connectivity index (χ3n) is 3.32. The SMILES string of the molecule is CC(C)C1OC(c2ccccc2)OCC1(C)C. The smallest absolute Gasteiger partial charge is 0.184 e. The predicted molar refractivity (Wildman–Crippen MR) is 68.6 cm³/mol. The van der Waals surface area contributed by atoms with E-state index in [1.165, 1.54) is 0 Å². The highest BCUT2D eigenvalue weighted by Gasteiger charge is 2.40. The summed E-state index contributed by atoms with van der Waals surface area (Å²) in [4.78, 5) is 0. The van der Waals surface area contributed by atoms with Crippen molar-refractivity contribution in [1.82, 2.24) is 0 Å². The maximum Gasteiger partial charge on any atom is 0.184 e. The average molecular weight is 234 g/mol. The van der Waals surface area contributed by atoms with E-state index in [1.54, 1.807) is 0 Å². The van der Waals surface area contributed by atoms with Gasteiger partial charge in [0.15, 0.2) is 6.29 Å². The van der Waals surface area contributed by atoms with Crippen LogP contribution in [-0.2, 0) is 9.47 Å². The molecule has 2 heteroatoms. The first-order chi connectivity index (χ1) is 8.00. The van der Waals surface area contributed by atoms with Gasteiger partial charge >= 0.3 is 0 Å². The number of rotatable bonds is 2. The van der Waals surface area contributed by atoms with E-state index in [9.17, 15) is 0 Å². The number of benzene rings is 1. The van der Waals surface area contributed by atoms with Crippen molar-refractivity contribution in [2.45, 2.75) is 40.1 Å². The molecule has 2 nitrogen and oxygen atoms in total. The molecular weight excluding hydrogens is 212 g/mol. The molecule has 94 valence electrons. The first-order valence-corrected chi connectivity index (χ1v) is 6.33. The summed E-state index contributed by atoms with van der Waals surface area (Å²) >= 11 is 0. The first kappa shape index (κ1) is 12.6. The molecule has 1 heterocycles. The highest BCUT2D eigenvalue weighted by molar-refractivity contribution is 5.16. The fourth-order valence-electron chi connectivity index (χ4n) is 2.57. The van der Waals surface area contributed by atoms with Gasteiger partial charge in [-0.25, -0.2) is 0 Å². The Morgan fingerprint density at radius 1 is 1.18 bits per heavy atom. The molecule has 0 saturated carbocycles. The zero-order valence-electron chi connectivity index (χ0n) is 11.1. The van der Waals surface area contributed by atoms with Crippen molar-refractivity contribution in [1.29, 1.82) is 0 Å². The number of hydrogen-bond donors (Lipinski definition) is 0. The Morgan fingerprint density at radius 2 is 1.82 bits per heavy atom. The molecule has 0 aliphatic carbocycles. The minimum atomic E-state index is -0.211. The summed E-state index contributed by atoms with van der Waals surface area (Å²) < 4.78 is 12.0. The van der Waals surface area contributed by atoms with Crippen LogP contribution >= 0.6 is 0 Å². The molecule has 0 spiro atoms. The van der Waals surface area contributed by atoms with Gasteiger partial charge in [-0.15, -0.1) is 0 Å². The van der Waals surface area contributed by atoms with Gasteiger partial charge in [0.25, 0.3) is 0 Å². The van der Waals surface area contributed by atoms with Gasteiger partial charge in [0.2, 0.25) is 0 Å². The lowest BCUT2D eigenvalue weighted by molar-refractivity contribution is -0.274. The second-order valence-electron chi connectivity index (χ2n) is 5.84. The summed E-state index contributed by atoms with van der Waals surface area (Å²) in [6.45, 7) is 9.58. The second-order valence-corrected chi connectivity index (χ2v) is 5.84. The third-order valence-corrected chi connectivity index (χ3v) is 3.32. The van der Waals surface area contributed by atoms with Crippen molar-refractivity contribution in [2.24, 2.45) is 11.3 Å². The molecule has 1 aliphatic heterocycles. The van der Waals surface area contributed by atoms with Gasteiger partial charge in [0, 0.05) is 11.0 Å². The molecule has 0 N–H and O–H groups in total. The van der Waals surface area contributed by atoms with Gasteiger partial charge in [-0.3, -0.25) is 0 Å². The minimum Gasteiger partial charge on any atom is -0.348 e. The lowest BCUT2D eigenvalue weighted by atomic mass is 9.80. The highest BCUT2D eigenvalue weighted by atomic mass is 16.7. The molecule has 2 rings (SSSR count). The van der Waals surface area contributed by atoms with Gasteiger partial charge in [0.05, 0.1) is 12.7 Å². The van der Waals surface area contributed by atoms with Gasteiger partial charge in [-0.2, -0.15) is 0 Å². The third kappa shape index (κ3) is 2.70. The molecule has 1 aromatic carbocycles. The predicted octanol–water partition coefficient (Wildman–Crippen LogP) is 3.78.